The van der Waals surface area contributed by atoms with Gasteiger partial charge in [-0.2, -0.15) is 13.2 Å². The Kier molecular flexibility index (Phi) is 6.50. The summed E-state index contributed by atoms with van der Waals surface area (Å²) in [6.07, 6.45) is -2.50. The van der Waals surface area contributed by atoms with Crippen molar-refractivity contribution in [3.8, 4) is 11.5 Å². The molecule has 2 aromatic carbocycles. The summed E-state index contributed by atoms with van der Waals surface area (Å²) in [6, 6.07) is 7.77. The quantitative estimate of drug-likeness (QED) is 0.634. The van der Waals surface area contributed by atoms with E-state index in [-0.39, 0.29) is 22.9 Å². The van der Waals surface area contributed by atoms with Crippen molar-refractivity contribution in [1.82, 2.24) is 10.2 Å². The van der Waals surface area contributed by atoms with E-state index >= 15 is 0 Å². The number of nitrogens with one attached hydrogen (secondary N) is 1. The lowest BCUT2D eigenvalue weighted by Crippen LogP contribution is -2.47. The van der Waals surface area contributed by atoms with Crippen molar-refractivity contribution in [1.29, 1.82) is 0 Å². The molecule has 1 saturated heterocycles. The Labute approximate surface area is 196 Å². The van der Waals surface area contributed by atoms with E-state index in [2.05, 4.69) is 23.3 Å². The topological polar surface area (TPSA) is 50.8 Å². The normalized spacial score (nSPS) is 25.0. The molecule has 184 valence electrons. The second kappa shape index (κ2) is 9.09. The molecule has 0 radical (unpaired) electrons. The van der Waals surface area contributed by atoms with Crippen molar-refractivity contribution in [2.75, 3.05) is 34.4 Å². The molecule has 1 aliphatic carbocycles. The number of benzene rings is 2. The second-order valence-electron chi connectivity index (χ2n) is 9.26. The first kappa shape index (κ1) is 24.3. The Hall–Kier alpha value is -2.81. The third-order valence-electron chi connectivity index (χ3n) is 7.21. The highest BCUT2D eigenvalue weighted by Gasteiger charge is 2.50. The summed E-state index contributed by atoms with van der Waals surface area (Å²) in [5.41, 5.74) is -0.464. The van der Waals surface area contributed by atoms with Crippen LogP contribution in [-0.2, 0) is 11.6 Å². The summed E-state index contributed by atoms with van der Waals surface area (Å²) < 4.78 is 63.6. The lowest BCUT2D eigenvalue weighted by Gasteiger charge is -2.43. The number of likely N-dealkylation sites (tertiary alicyclic amines) is 1. The van der Waals surface area contributed by atoms with E-state index in [1.54, 1.807) is 14.2 Å². The molecular weight excluding hydrogens is 452 g/mol. The molecule has 2 aromatic rings. The molecule has 0 spiro atoms. The molecule has 5 nitrogen and oxygen atoms in total. The van der Waals surface area contributed by atoms with Gasteiger partial charge in [0.15, 0.2) is 11.5 Å². The Morgan fingerprint density at radius 2 is 1.85 bits per heavy atom. The summed E-state index contributed by atoms with van der Waals surface area (Å²) in [5.74, 6) is -0.308. The third kappa shape index (κ3) is 4.45. The van der Waals surface area contributed by atoms with Gasteiger partial charge >= 0.3 is 6.18 Å². The van der Waals surface area contributed by atoms with Gasteiger partial charge in [0.2, 0.25) is 0 Å². The maximum Gasteiger partial charge on any atom is 0.416 e. The molecule has 34 heavy (non-hydrogen) atoms. The molecule has 4 rings (SSSR count). The summed E-state index contributed by atoms with van der Waals surface area (Å²) in [6.45, 7) is 1.71. The number of carbonyl (C=O) groups excluding carboxylic acids is 1. The zero-order valence-electron chi connectivity index (χ0n) is 19.3. The number of rotatable bonds is 5. The Morgan fingerprint density at radius 3 is 2.50 bits per heavy atom. The predicted octanol–water partition coefficient (Wildman–Crippen LogP) is 4.64. The number of carbonyl (C=O) groups is 1. The number of likely N-dealkylation sites (N-methyl/N-ethyl adjacent to an activating group) is 1. The van der Waals surface area contributed by atoms with Gasteiger partial charge in [-0.05, 0) is 68.1 Å². The number of alkyl halides is 3. The van der Waals surface area contributed by atoms with E-state index in [9.17, 15) is 22.4 Å². The minimum absolute atomic E-state index is 0.116. The third-order valence-corrected chi connectivity index (χ3v) is 7.21. The van der Waals surface area contributed by atoms with Gasteiger partial charge in [-0.1, -0.05) is 6.07 Å². The van der Waals surface area contributed by atoms with Crippen molar-refractivity contribution in [3.63, 3.8) is 0 Å². The monoisotopic (exact) mass is 480 g/mol. The van der Waals surface area contributed by atoms with Crippen LogP contribution < -0.4 is 14.8 Å². The molecule has 3 unspecified atom stereocenters. The molecule has 1 heterocycles. The van der Waals surface area contributed by atoms with E-state index in [1.807, 2.05) is 12.1 Å². The molecule has 0 bridgehead atoms. The number of ether oxygens (including phenoxy) is 2. The molecule has 1 amide bonds. The van der Waals surface area contributed by atoms with Gasteiger partial charge < -0.3 is 19.7 Å². The molecule has 1 aliphatic heterocycles. The second-order valence-corrected chi connectivity index (χ2v) is 9.26. The molecule has 3 atom stereocenters. The first-order valence-corrected chi connectivity index (χ1v) is 11.2. The smallest absolute Gasteiger partial charge is 0.416 e. The van der Waals surface area contributed by atoms with E-state index in [0.717, 1.165) is 37.2 Å². The van der Waals surface area contributed by atoms with Crippen LogP contribution in [0.4, 0.5) is 17.6 Å². The predicted molar refractivity (Wildman–Crippen MR) is 119 cm³/mol. The van der Waals surface area contributed by atoms with Crippen molar-refractivity contribution in [3.05, 3.63) is 58.9 Å². The van der Waals surface area contributed by atoms with Crippen LogP contribution in [0.3, 0.4) is 0 Å². The molecule has 1 N–H and O–H groups in total. The zero-order valence-corrected chi connectivity index (χ0v) is 19.3. The molecule has 0 aromatic heterocycles. The maximum atomic E-state index is 14.3. The summed E-state index contributed by atoms with van der Waals surface area (Å²) in [4.78, 5) is 14.9. The van der Waals surface area contributed by atoms with Gasteiger partial charge in [-0.25, -0.2) is 4.39 Å². The Bertz CT molecular complexity index is 1070. The number of hydrogen-bond donors (Lipinski definition) is 1. The molecular formula is C25H28F4N2O3. The van der Waals surface area contributed by atoms with Crippen LogP contribution >= 0.6 is 0 Å². The van der Waals surface area contributed by atoms with E-state index in [4.69, 9.17) is 9.47 Å². The first-order valence-electron chi connectivity index (χ1n) is 11.2. The lowest BCUT2D eigenvalue weighted by atomic mass is 9.63. The number of hydrogen-bond acceptors (Lipinski definition) is 4. The van der Waals surface area contributed by atoms with Crippen LogP contribution in [-0.4, -0.2) is 51.2 Å². The number of fused-ring (bicyclic) bond motifs is 1. The van der Waals surface area contributed by atoms with Crippen LogP contribution in [0.2, 0.25) is 0 Å². The number of methoxy groups -OCH3 is 2. The maximum absolute atomic E-state index is 14.3. The largest absolute Gasteiger partial charge is 0.493 e. The van der Waals surface area contributed by atoms with Gasteiger partial charge in [0.05, 0.1) is 25.3 Å². The summed E-state index contributed by atoms with van der Waals surface area (Å²) >= 11 is 0. The van der Waals surface area contributed by atoms with Crippen LogP contribution in [0.1, 0.15) is 40.7 Å². The first-order chi connectivity index (χ1) is 16.1. The fourth-order valence-electron chi connectivity index (χ4n) is 5.59. The average molecular weight is 481 g/mol. The van der Waals surface area contributed by atoms with Crippen molar-refractivity contribution in [2.45, 2.75) is 36.9 Å². The molecule has 1 saturated carbocycles. The van der Waals surface area contributed by atoms with E-state index in [1.165, 1.54) is 0 Å². The van der Waals surface area contributed by atoms with Crippen LogP contribution in [0.15, 0.2) is 36.4 Å². The summed E-state index contributed by atoms with van der Waals surface area (Å²) in [5, 5.41) is 2.85. The molecule has 2 aliphatic rings. The van der Waals surface area contributed by atoms with Gasteiger partial charge in [0.25, 0.3) is 5.91 Å². The van der Waals surface area contributed by atoms with Crippen LogP contribution in [0, 0.1) is 11.7 Å². The van der Waals surface area contributed by atoms with Crippen molar-refractivity contribution >= 4 is 5.91 Å². The average Bonchev–Trinajstić information content (AvgIpc) is 3.14. The van der Waals surface area contributed by atoms with Crippen LogP contribution in [0.25, 0.3) is 0 Å². The van der Waals surface area contributed by atoms with Gasteiger partial charge in [0, 0.05) is 24.5 Å². The van der Waals surface area contributed by atoms with Crippen molar-refractivity contribution in [2.24, 2.45) is 5.92 Å². The van der Waals surface area contributed by atoms with Gasteiger partial charge in [-0.3, -0.25) is 4.79 Å². The molecule has 2 fully saturated rings. The highest BCUT2D eigenvalue weighted by atomic mass is 19.4. The fourth-order valence-corrected chi connectivity index (χ4v) is 5.59. The standard InChI is InChI=1S/C25H28F4N2O3/c1-31-13-17-10-18(30-23(32)19-6-4-16(11-20(19)26)25(27,28)29)8-9-24(17,14-31)15-5-7-21(33-2)22(12-15)34-3/h4-7,11-12,17-18H,8-10,13-14H2,1-3H3,(H,30,32). The number of nitrogens with zero attached hydrogens (tertiary/aromatic N) is 1. The minimum atomic E-state index is -4.67. The lowest BCUT2D eigenvalue weighted by molar-refractivity contribution is -0.137. The fraction of sp³-hybridized carbons (Fsp3) is 0.480. The number of halogens is 4. The Balaban J connectivity index is 1.52. The van der Waals surface area contributed by atoms with Gasteiger partial charge in [-0.15, -0.1) is 0 Å². The van der Waals surface area contributed by atoms with E-state index in [0.29, 0.717) is 30.4 Å². The SMILES string of the molecule is COc1ccc(C23CCC(NC(=O)c4ccc(C(F)(F)F)cc4F)CC2CN(C)C3)cc1OC. The zero-order chi connectivity index (χ0) is 24.7. The van der Waals surface area contributed by atoms with Crippen molar-refractivity contribution < 1.29 is 31.8 Å². The van der Waals surface area contributed by atoms with E-state index < -0.39 is 23.5 Å². The number of amides is 1. The molecule has 9 heteroatoms. The highest BCUT2D eigenvalue weighted by Crippen LogP contribution is 2.49. The van der Waals surface area contributed by atoms with Gasteiger partial charge in [0.1, 0.15) is 5.82 Å². The van der Waals surface area contributed by atoms with Crippen LogP contribution in [0.5, 0.6) is 11.5 Å². The minimum Gasteiger partial charge on any atom is -0.493 e. The highest BCUT2D eigenvalue weighted by molar-refractivity contribution is 5.94. The summed E-state index contributed by atoms with van der Waals surface area (Å²) in [7, 11) is 5.26. The Morgan fingerprint density at radius 1 is 1.12 bits per heavy atom.